The van der Waals surface area contributed by atoms with Crippen LogP contribution in [-0.4, -0.2) is 22.4 Å². The highest BCUT2D eigenvalue weighted by Crippen LogP contribution is 2.18. The first-order valence-electron chi connectivity index (χ1n) is 8.62. The Bertz CT molecular complexity index is 849. The Morgan fingerprint density at radius 3 is 2.54 bits per heavy atom. The molecule has 0 aliphatic heterocycles. The van der Waals surface area contributed by atoms with Crippen molar-refractivity contribution >= 4 is 22.6 Å². The highest BCUT2D eigenvalue weighted by atomic mass is 127. The molecule has 3 rings (SSSR count). The average molecular weight is 487 g/mol. The Morgan fingerprint density at radius 1 is 1.15 bits per heavy atom. The van der Waals surface area contributed by atoms with Crippen molar-refractivity contribution in [1.29, 1.82) is 0 Å². The molecule has 0 aliphatic rings. The van der Waals surface area contributed by atoms with Crippen LogP contribution in [-0.2, 0) is 20.0 Å². The summed E-state index contributed by atoms with van der Waals surface area (Å²) in [6, 6.07) is 15.5. The summed E-state index contributed by atoms with van der Waals surface area (Å²) in [4.78, 5) is 0. The van der Waals surface area contributed by atoms with Gasteiger partial charge in [0.25, 0.3) is 5.82 Å². The monoisotopic (exact) mass is 486 g/mol. The van der Waals surface area contributed by atoms with Crippen LogP contribution in [0.25, 0.3) is 11.0 Å². The van der Waals surface area contributed by atoms with Crippen LogP contribution in [0.1, 0.15) is 19.2 Å². The van der Waals surface area contributed by atoms with Crippen molar-refractivity contribution < 1.29 is 38.4 Å². The predicted molar refractivity (Wildman–Crippen MR) is 100 cm³/mol. The number of imidazole rings is 1. The first-order valence-corrected chi connectivity index (χ1v) is 9.00. The van der Waals surface area contributed by atoms with Crippen LogP contribution in [0.2, 0.25) is 5.02 Å². The molecule has 2 aromatic carbocycles. The number of para-hydroxylation sites is 2. The molecule has 1 unspecified atom stereocenters. The molecule has 1 N–H and O–H groups in total. The predicted octanol–water partition coefficient (Wildman–Crippen LogP) is 0.516. The molecule has 0 saturated heterocycles. The summed E-state index contributed by atoms with van der Waals surface area (Å²) >= 11 is 5.88. The van der Waals surface area contributed by atoms with Crippen LogP contribution in [0, 0.1) is 0 Å². The first-order chi connectivity index (χ1) is 12.1. The average Bonchev–Trinajstić information content (AvgIpc) is 2.88. The Balaban J connectivity index is 0.00000243. The van der Waals surface area contributed by atoms with E-state index in [1.165, 1.54) is 11.3 Å². The molecular weight excluding hydrogens is 463 g/mol. The van der Waals surface area contributed by atoms with Crippen LogP contribution in [0.5, 0.6) is 5.75 Å². The second-order valence-corrected chi connectivity index (χ2v) is 6.68. The summed E-state index contributed by atoms with van der Waals surface area (Å²) in [7, 11) is 2.08. The molecule has 1 aromatic heterocycles. The summed E-state index contributed by atoms with van der Waals surface area (Å²) in [6.45, 7) is 2.91. The van der Waals surface area contributed by atoms with E-state index in [2.05, 4.69) is 35.2 Å². The van der Waals surface area contributed by atoms with Gasteiger partial charge in [0, 0.05) is 11.4 Å². The number of aromatic nitrogens is 2. The number of rotatable bonds is 7. The minimum absolute atomic E-state index is 0. The third kappa shape index (κ3) is 4.69. The molecule has 0 fully saturated rings. The second kappa shape index (κ2) is 9.58. The van der Waals surface area contributed by atoms with Crippen molar-refractivity contribution in [3.8, 4) is 5.75 Å². The number of benzene rings is 2. The van der Waals surface area contributed by atoms with Crippen LogP contribution < -0.4 is 33.3 Å². The molecule has 6 heteroatoms. The molecule has 140 valence electrons. The fraction of sp³-hybridized carbons (Fsp3) is 0.350. The lowest BCUT2D eigenvalue weighted by Gasteiger charge is -2.12. The molecule has 4 nitrogen and oxygen atoms in total. The number of hydrogen-bond donors (Lipinski definition) is 1. The molecule has 0 amide bonds. The minimum atomic E-state index is -0.595. The fourth-order valence-corrected chi connectivity index (χ4v) is 3.28. The summed E-state index contributed by atoms with van der Waals surface area (Å²) in [5.41, 5.74) is 2.32. The minimum Gasteiger partial charge on any atom is -1.00 e. The van der Waals surface area contributed by atoms with Gasteiger partial charge in [-0.25, -0.2) is 9.13 Å². The molecule has 26 heavy (non-hydrogen) atoms. The van der Waals surface area contributed by atoms with E-state index in [1.54, 1.807) is 12.1 Å². The van der Waals surface area contributed by atoms with Gasteiger partial charge in [0.15, 0.2) is 11.0 Å². The number of aliphatic hydroxyl groups excluding tert-OH is 1. The molecule has 0 aliphatic carbocycles. The summed E-state index contributed by atoms with van der Waals surface area (Å²) < 4.78 is 10.1. The first kappa shape index (κ1) is 21.0. The maximum Gasteiger partial charge on any atom is 0.257 e. The number of nitrogens with zero attached hydrogens (tertiary/aromatic N) is 2. The maximum atomic E-state index is 10.5. The van der Waals surface area contributed by atoms with Gasteiger partial charge in [-0.15, -0.1) is 0 Å². The van der Waals surface area contributed by atoms with E-state index in [-0.39, 0.29) is 30.6 Å². The maximum absolute atomic E-state index is 10.5. The van der Waals surface area contributed by atoms with Gasteiger partial charge in [0.05, 0.1) is 7.05 Å². The molecule has 0 bridgehead atoms. The second-order valence-electron chi connectivity index (χ2n) is 6.24. The standard InChI is InChI=1S/C20H24ClN2O2.HI/c1-3-6-20-22(2)18-7-4-5-8-19(18)23(20)13-16(24)14-25-17-11-9-15(21)10-12-17;/h4-5,7-12,16,24H,3,6,13-14H2,1-2H3;1H/q+1;/p-1. The zero-order chi connectivity index (χ0) is 17.8. The lowest BCUT2D eigenvalue weighted by atomic mass is 10.3. The highest BCUT2D eigenvalue weighted by Gasteiger charge is 2.23. The van der Waals surface area contributed by atoms with Gasteiger partial charge in [-0.3, -0.25) is 0 Å². The molecule has 1 heterocycles. The molecule has 0 radical (unpaired) electrons. The van der Waals surface area contributed by atoms with E-state index < -0.39 is 6.10 Å². The Hall–Kier alpha value is -1.31. The summed E-state index contributed by atoms with van der Waals surface area (Å²) in [6.07, 6.45) is 1.43. The van der Waals surface area contributed by atoms with E-state index in [0.717, 1.165) is 18.4 Å². The largest absolute Gasteiger partial charge is 1.00 e. The van der Waals surface area contributed by atoms with Crippen molar-refractivity contribution in [2.45, 2.75) is 32.4 Å². The van der Waals surface area contributed by atoms with Gasteiger partial charge in [-0.2, -0.15) is 0 Å². The lowest BCUT2D eigenvalue weighted by molar-refractivity contribution is -0.654. The van der Waals surface area contributed by atoms with E-state index in [4.69, 9.17) is 16.3 Å². The van der Waals surface area contributed by atoms with Gasteiger partial charge in [-0.1, -0.05) is 30.7 Å². The quantitative estimate of drug-likeness (QED) is 0.391. The topological polar surface area (TPSA) is 38.3 Å². The van der Waals surface area contributed by atoms with Gasteiger partial charge < -0.3 is 33.8 Å². The van der Waals surface area contributed by atoms with Crippen molar-refractivity contribution in [1.82, 2.24) is 4.57 Å². The summed E-state index contributed by atoms with van der Waals surface area (Å²) in [5, 5.41) is 11.2. The third-order valence-corrected chi connectivity index (χ3v) is 4.61. The molecule has 3 aromatic rings. The highest BCUT2D eigenvalue weighted by molar-refractivity contribution is 6.30. The van der Waals surface area contributed by atoms with Gasteiger partial charge in [0.1, 0.15) is 25.0 Å². The SMILES string of the molecule is CCCc1n(CC(O)COc2ccc(Cl)cc2)c2ccccc2[n+]1C.[I-]. The van der Waals surface area contributed by atoms with Gasteiger partial charge in [0.2, 0.25) is 0 Å². The number of ether oxygens (including phenoxy) is 1. The normalized spacial score (nSPS) is 12.0. The number of fused-ring (bicyclic) bond motifs is 1. The molecule has 0 saturated carbocycles. The Kier molecular flexibility index (Phi) is 7.73. The Labute approximate surface area is 176 Å². The van der Waals surface area contributed by atoms with E-state index >= 15 is 0 Å². The number of halogens is 2. The molecular formula is C20H24ClIN2O2. The zero-order valence-electron chi connectivity index (χ0n) is 15.0. The van der Waals surface area contributed by atoms with Gasteiger partial charge in [-0.05, 0) is 42.8 Å². The van der Waals surface area contributed by atoms with Crippen molar-refractivity contribution in [3.05, 3.63) is 59.4 Å². The van der Waals surface area contributed by atoms with Gasteiger partial charge >= 0.3 is 0 Å². The van der Waals surface area contributed by atoms with Crippen molar-refractivity contribution in [2.75, 3.05) is 6.61 Å². The number of aliphatic hydroxyl groups is 1. The lowest BCUT2D eigenvalue weighted by Crippen LogP contribution is -3.00. The van der Waals surface area contributed by atoms with E-state index in [9.17, 15) is 5.11 Å². The van der Waals surface area contributed by atoms with E-state index in [0.29, 0.717) is 17.3 Å². The zero-order valence-corrected chi connectivity index (χ0v) is 17.9. The smallest absolute Gasteiger partial charge is 0.257 e. The molecule has 0 spiro atoms. The number of aryl methyl sites for hydroxylation is 1. The summed E-state index contributed by atoms with van der Waals surface area (Å²) in [5.74, 6) is 1.93. The van der Waals surface area contributed by atoms with Crippen molar-refractivity contribution in [2.24, 2.45) is 7.05 Å². The van der Waals surface area contributed by atoms with Crippen LogP contribution in [0.3, 0.4) is 0 Å². The van der Waals surface area contributed by atoms with Crippen LogP contribution in [0.15, 0.2) is 48.5 Å². The Morgan fingerprint density at radius 2 is 1.85 bits per heavy atom. The molecule has 1 atom stereocenters. The van der Waals surface area contributed by atoms with Crippen molar-refractivity contribution in [3.63, 3.8) is 0 Å². The van der Waals surface area contributed by atoms with E-state index in [1.807, 2.05) is 24.3 Å². The van der Waals surface area contributed by atoms with Crippen LogP contribution in [0.4, 0.5) is 0 Å². The van der Waals surface area contributed by atoms with Crippen LogP contribution >= 0.6 is 11.6 Å². The fourth-order valence-electron chi connectivity index (χ4n) is 3.15. The third-order valence-electron chi connectivity index (χ3n) is 4.36. The number of hydrogen-bond acceptors (Lipinski definition) is 2.